The molecule has 0 aliphatic heterocycles. The van der Waals surface area contributed by atoms with Crippen LogP contribution in [-0.4, -0.2) is 47.0 Å². The van der Waals surface area contributed by atoms with Gasteiger partial charge in [0.25, 0.3) is 5.60 Å². The van der Waals surface area contributed by atoms with Crippen LogP contribution < -0.4 is 0 Å². The summed E-state index contributed by atoms with van der Waals surface area (Å²) < 4.78 is 83.5. The molecule has 3 nitrogen and oxygen atoms in total. The van der Waals surface area contributed by atoms with Crippen LogP contribution in [0, 0.1) is 11.3 Å². The van der Waals surface area contributed by atoms with Gasteiger partial charge in [0.2, 0.25) is 0 Å². The zero-order chi connectivity index (χ0) is 22.8. The van der Waals surface area contributed by atoms with E-state index < -0.39 is 41.6 Å². The number of carbonyl (C=O) groups is 1. The Morgan fingerprint density at radius 1 is 1.00 bits per heavy atom. The Labute approximate surface area is 164 Å². The summed E-state index contributed by atoms with van der Waals surface area (Å²) in [5, 5.41) is 8.45. The van der Waals surface area contributed by atoms with Gasteiger partial charge in [-0.1, -0.05) is 34.6 Å². The topological polar surface area (TPSA) is 46.5 Å². The van der Waals surface area contributed by atoms with Crippen molar-refractivity contribution >= 4 is 14.6 Å². The number of carbonyl (C=O) groups excluding carboxylic acids is 1. The van der Waals surface area contributed by atoms with Gasteiger partial charge in [0.05, 0.1) is 5.16 Å². The zero-order valence-electron chi connectivity index (χ0n) is 17.3. The smallest absolute Gasteiger partial charge is 0.426 e. The molecule has 0 aliphatic carbocycles. The van der Waals surface area contributed by atoms with Gasteiger partial charge in [-0.2, -0.15) is 26.3 Å². The summed E-state index contributed by atoms with van der Waals surface area (Å²) in [4.78, 5) is 12.7. The van der Waals surface area contributed by atoms with Crippen LogP contribution in [0.4, 0.5) is 26.3 Å². The maximum absolute atomic E-state index is 13.0. The van der Waals surface area contributed by atoms with Crippen LogP contribution in [0.15, 0.2) is 0 Å². The third-order valence-electron chi connectivity index (χ3n) is 4.36. The van der Waals surface area contributed by atoms with Gasteiger partial charge in [0.15, 0.2) is 0 Å². The molecule has 0 rings (SSSR count). The molecule has 0 heterocycles. The molecular formula is C18H31F6O3P. The summed E-state index contributed by atoms with van der Waals surface area (Å²) in [5.74, 6) is -1.19. The lowest BCUT2D eigenvalue weighted by molar-refractivity contribution is -0.374. The SMILES string of the molecule is CPC(C)(CC(C)(C)C)C(=O)OC(CC(C)C)CC(O)(C(F)(F)F)C(F)(F)F. The van der Waals surface area contributed by atoms with Crippen molar-refractivity contribution in [2.45, 2.75) is 90.0 Å². The van der Waals surface area contributed by atoms with Crippen LogP contribution in [0.25, 0.3) is 0 Å². The highest BCUT2D eigenvalue weighted by atomic mass is 31.1. The first-order chi connectivity index (χ1) is 12.2. The highest BCUT2D eigenvalue weighted by Crippen LogP contribution is 2.47. The van der Waals surface area contributed by atoms with Crippen LogP contribution in [0.3, 0.4) is 0 Å². The van der Waals surface area contributed by atoms with E-state index in [9.17, 15) is 36.2 Å². The molecule has 0 amide bonds. The highest BCUT2D eigenvalue weighted by Gasteiger charge is 2.71. The monoisotopic (exact) mass is 440 g/mol. The number of alkyl halides is 6. The van der Waals surface area contributed by atoms with Crippen LogP contribution in [0.1, 0.15) is 60.8 Å². The van der Waals surface area contributed by atoms with Crippen molar-refractivity contribution in [1.82, 2.24) is 0 Å². The maximum Gasteiger partial charge on any atom is 0.426 e. The fourth-order valence-electron chi connectivity index (χ4n) is 3.03. The van der Waals surface area contributed by atoms with Gasteiger partial charge < -0.3 is 9.84 Å². The Hall–Kier alpha value is -0.560. The molecule has 0 saturated heterocycles. The van der Waals surface area contributed by atoms with Crippen molar-refractivity contribution in [3.05, 3.63) is 0 Å². The second kappa shape index (κ2) is 9.07. The molecule has 3 atom stereocenters. The first-order valence-corrected chi connectivity index (χ1v) is 10.4. The molecule has 0 aromatic heterocycles. The van der Waals surface area contributed by atoms with E-state index in [-0.39, 0.29) is 26.3 Å². The summed E-state index contributed by atoms with van der Waals surface area (Å²) in [6, 6.07) is 0. The molecule has 3 unspecified atom stereocenters. The molecule has 10 heteroatoms. The molecule has 0 spiro atoms. The van der Waals surface area contributed by atoms with Crippen molar-refractivity contribution in [3.8, 4) is 0 Å². The summed E-state index contributed by atoms with van der Waals surface area (Å²) in [6.07, 6.45) is -15.3. The van der Waals surface area contributed by atoms with Crippen molar-refractivity contribution in [3.63, 3.8) is 0 Å². The largest absolute Gasteiger partial charge is 0.462 e. The van der Waals surface area contributed by atoms with Crippen LogP contribution in [-0.2, 0) is 9.53 Å². The second-order valence-electron chi connectivity index (χ2n) is 9.04. The third kappa shape index (κ3) is 7.36. The highest BCUT2D eigenvalue weighted by molar-refractivity contribution is 7.40. The second-order valence-corrected chi connectivity index (χ2v) is 10.6. The number of aliphatic hydroxyl groups is 1. The van der Waals surface area contributed by atoms with Gasteiger partial charge in [0.1, 0.15) is 6.10 Å². The van der Waals surface area contributed by atoms with E-state index in [2.05, 4.69) is 0 Å². The fourth-order valence-corrected chi connectivity index (χ4v) is 4.00. The minimum absolute atomic E-state index is 0.0359. The Balaban J connectivity index is 5.79. The normalized spacial score (nSPS) is 17.8. The molecule has 28 heavy (non-hydrogen) atoms. The van der Waals surface area contributed by atoms with Crippen molar-refractivity contribution in [2.24, 2.45) is 11.3 Å². The van der Waals surface area contributed by atoms with E-state index in [1.54, 1.807) is 27.4 Å². The standard InChI is InChI=1S/C18H31F6O3P/c1-11(2)8-12(9-16(26,17(19,20)21)18(22,23)24)27-13(25)15(6,28-7)10-14(3,4)5/h11-12,26,28H,8-10H2,1-7H3. The van der Waals surface area contributed by atoms with Crippen molar-refractivity contribution < 1.29 is 41.0 Å². The number of esters is 1. The van der Waals surface area contributed by atoms with E-state index in [1.807, 2.05) is 20.8 Å². The lowest BCUT2D eigenvalue weighted by atomic mass is 9.84. The zero-order valence-corrected chi connectivity index (χ0v) is 18.3. The summed E-state index contributed by atoms with van der Waals surface area (Å²) in [5.41, 5.74) is -5.25. The number of hydrogen-bond donors (Lipinski definition) is 1. The number of ether oxygens (including phenoxy) is 1. The Bertz CT molecular complexity index is 511. The van der Waals surface area contributed by atoms with Crippen LogP contribution in [0.5, 0.6) is 0 Å². The van der Waals surface area contributed by atoms with E-state index in [0.717, 1.165) is 0 Å². The molecule has 0 bridgehead atoms. The average Bonchev–Trinajstić information content (AvgIpc) is 2.41. The Morgan fingerprint density at radius 2 is 1.43 bits per heavy atom. The predicted octanol–water partition coefficient (Wildman–Crippen LogP) is 5.69. The number of hydrogen-bond acceptors (Lipinski definition) is 3. The molecule has 1 N–H and O–H groups in total. The molecule has 0 saturated carbocycles. The minimum Gasteiger partial charge on any atom is -0.462 e. The summed E-state index contributed by atoms with van der Waals surface area (Å²) in [6.45, 7) is 12.1. The summed E-state index contributed by atoms with van der Waals surface area (Å²) >= 11 is 0. The number of rotatable bonds is 8. The van der Waals surface area contributed by atoms with Gasteiger partial charge in [0, 0.05) is 6.42 Å². The van der Waals surface area contributed by atoms with Gasteiger partial charge >= 0.3 is 18.3 Å². The molecule has 0 aromatic carbocycles. The van der Waals surface area contributed by atoms with Crippen LogP contribution in [0.2, 0.25) is 0 Å². The molecule has 168 valence electrons. The predicted molar refractivity (Wildman–Crippen MR) is 97.7 cm³/mol. The van der Waals surface area contributed by atoms with Crippen LogP contribution >= 0.6 is 8.58 Å². The van der Waals surface area contributed by atoms with E-state index >= 15 is 0 Å². The molecule has 0 fully saturated rings. The van der Waals surface area contributed by atoms with Gasteiger partial charge in [-0.05, 0) is 37.8 Å². The van der Waals surface area contributed by atoms with E-state index in [0.29, 0.717) is 6.42 Å². The minimum atomic E-state index is -5.95. The molecule has 0 aromatic rings. The van der Waals surface area contributed by atoms with Gasteiger partial charge in [-0.25, -0.2) is 0 Å². The Kier molecular flexibility index (Phi) is 8.89. The molecular weight excluding hydrogens is 409 g/mol. The fraction of sp³-hybridized carbons (Fsp3) is 0.944. The van der Waals surface area contributed by atoms with Crippen molar-refractivity contribution in [2.75, 3.05) is 6.66 Å². The quantitative estimate of drug-likeness (QED) is 0.300. The first kappa shape index (κ1) is 27.4. The first-order valence-electron chi connectivity index (χ1n) is 8.94. The van der Waals surface area contributed by atoms with Crippen molar-refractivity contribution in [1.29, 1.82) is 0 Å². The maximum atomic E-state index is 13.0. The number of halogens is 6. The van der Waals surface area contributed by atoms with Gasteiger partial charge in [-0.3, -0.25) is 4.79 Å². The lowest BCUT2D eigenvalue weighted by Gasteiger charge is -2.37. The van der Waals surface area contributed by atoms with E-state index in [1.165, 1.54) is 0 Å². The molecule has 0 radical (unpaired) electrons. The third-order valence-corrected chi connectivity index (χ3v) is 5.84. The summed E-state index contributed by atoms with van der Waals surface area (Å²) in [7, 11) is 0.0359. The lowest BCUT2D eigenvalue weighted by Crippen LogP contribution is -2.59. The average molecular weight is 440 g/mol. The molecule has 0 aliphatic rings. The Morgan fingerprint density at radius 3 is 1.71 bits per heavy atom. The van der Waals surface area contributed by atoms with Gasteiger partial charge in [-0.15, -0.1) is 8.58 Å². The van der Waals surface area contributed by atoms with E-state index in [4.69, 9.17) is 4.74 Å².